The maximum absolute atomic E-state index is 8.89. The highest BCUT2D eigenvalue weighted by atomic mass is 14.9. The number of benzene rings is 2. The molecule has 0 amide bonds. The molecule has 0 atom stereocenters. The Morgan fingerprint density at radius 3 is 2.50 bits per heavy atom. The summed E-state index contributed by atoms with van der Waals surface area (Å²) in [5.41, 5.74) is 12.0. The highest BCUT2D eigenvalue weighted by molar-refractivity contribution is 6.08. The molecule has 0 aliphatic rings. The monoisotopic (exact) mass is 338 g/mol. The number of fused-ring (bicyclic) bond motifs is 3. The van der Waals surface area contributed by atoms with Gasteiger partial charge in [-0.25, -0.2) is 4.98 Å². The first-order chi connectivity index (χ1) is 12.6. The van der Waals surface area contributed by atoms with Crippen LogP contribution in [0.4, 0.5) is 5.82 Å². The number of hydrogen-bond acceptors (Lipinski definition) is 4. The van der Waals surface area contributed by atoms with E-state index in [0.29, 0.717) is 11.4 Å². The Morgan fingerprint density at radius 1 is 0.962 bits per heavy atom. The van der Waals surface area contributed by atoms with E-state index in [4.69, 9.17) is 11.0 Å². The zero-order chi connectivity index (χ0) is 18.1. The van der Waals surface area contributed by atoms with E-state index in [2.05, 4.69) is 40.3 Å². The Labute approximate surface area is 151 Å². The fourth-order valence-corrected chi connectivity index (χ4v) is 3.23. The summed E-state index contributed by atoms with van der Waals surface area (Å²) in [6, 6.07) is 18.3. The van der Waals surface area contributed by atoms with Crippen molar-refractivity contribution in [1.82, 2.24) is 9.97 Å². The number of nitriles is 1. The molecule has 4 heteroatoms. The van der Waals surface area contributed by atoms with Crippen LogP contribution in [0.5, 0.6) is 0 Å². The van der Waals surface area contributed by atoms with Gasteiger partial charge in [-0.15, -0.1) is 0 Å². The molecule has 2 aromatic heterocycles. The minimum Gasteiger partial charge on any atom is -0.382 e. The fraction of sp³-hybridized carbons (Fsp3) is 0.136. The Balaban J connectivity index is 1.69. The Hall–Kier alpha value is -3.45. The van der Waals surface area contributed by atoms with Crippen LogP contribution >= 0.6 is 0 Å². The lowest BCUT2D eigenvalue weighted by Gasteiger charge is -2.09. The molecule has 26 heavy (non-hydrogen) atoms. The van der Waals surface area contributed by atoms with Gasteiger partial charge in [0.2, 0.25) is 0 Å². The smallest absolute Gasteiger partial charge is 0.150 e. The van der Waals surface area contributed by atoms with Crippen LogP contribution in [-0.2, 0) is 12.8 Å². The van der Waals surface area contributed by atoms with Gasteiger partial charge in [-0.05, 0) is 60.7 Å². The predicted molar refractivity (Wildman–Crippen MR) is 105 cm³/mol. The standard InChI is InChI=1S/C22H18N4/c1-14-2-9-18-19-11-17(8-5-15-3-6-16(12-23)7-4-15)13-25-21(19)22(24)26-20(18)10-14/h2-4,6-7,9-11,13H,5,8H2,1H3,(H2,24,26). The summed E-state index contributed by atoms with van der Waals surface area (Å²) in [6.45, 7) is 2.05. The SMILES string of the molecule is Cc1ccc2c(c1)nc(N)c1ncc(CCc3ccc(C#N)cc3)cc12. The van der Waals surface area contributed by atoms with Crippen molar-refractivity contribution in [3.05, 3.63) is 77.0 Å². The zero-order valence-corrected chi connectivity index (χ0v) is 14.5. The summed E-state index contributed by atoms with van der Waals surface area (Å²) in [7, 11) is 0. The first kappa shape index (κ1) is 16.0. The van der Waals surface area contributed by atoms with E-state index >= 15 is 0 Å². The van der Waals surface area contributed by atoms with E-state index in [1.807, 2.05) is 37.4 Å². The summed E-state index contributed by atoms with van der Waals surface area (Å²) in [6.07, 6.45) is 3.66. The molecule has 4 nitrogen and oxygen atoms in total. The van der Waals surface area contributed by atoms with Gasteiger partial charge in [0.1, 0.15) is 5.52 Å². The quantitative estimate of drug-likeness (QED) is 0.564. The minimum absolute atomic E-state index is 0.469. The minimum atomic E-state index is 0.469. The van der Waals surface area contributed by atoms with Gasteiger partial charge in [0.05, 0.1) is 17.1 Å². The van der Waals surface area contributed by atoms with Crippen molar-refractivity contribution in [1.29, 1.82) is 5.26 Å². The molecule has 126 valence electrons. The molecule has 0 aliphatic heterocycles. The third kappa shape index (κ3) is 2.96. The number of aryl methyl sites for hydroxylation is 3. The molecule has 0 aliphatic carbocycles. The van der Waals surface area contributed by atoms with Crippen molar-refractivity contribution in [2.24, 2.45) is 0 Å². The maximum atomic E-state index is 8.89. The Morgan fingerprint density at radius 2 is 1.73 bits per heavy atom. The molecule has 2 heterocycles. The molecule has 4 aromatic rings. The van der Waals surface area contributed by atoms with Crippen LogP contribution in [0, 0.1) is 18.3 Å². The average molecular weight is 338 g/mol. The Kier molecular flexibility index (Phi) is 3.98. The topological polar surface area (TPSA) is 75.6 Å². The highest BCUT2D eigenvalue weighted by Crippen LogP contribution is 2.28. The molecule has 0 saturated heterocycles. The second-order valence-electron chi connectivity index (χ2n) is 6.57. The van der Waals surface area contributed by atoms with Crippen LogP contribution in [0.2, 0.25) is 0 Å². The summed E-state index contributed by atoms with van der Waals surface area (Å²) in [5, 5.41) is 11.0. The predicted octanol–water partition coefficient (Wildman–Crippen LogP) is 4.33. The van der Waals surface area contributed by atoms with E-state index in [1.165, 1.54) is 5.56 Å². The number of nitrogens with zero attached hydrogens (tertiary/aromatic N) is 3. The zero-order valence-electron chi connectivity index (χ0n) is 14.5. The lowest BCUT2D eigenvalue weighted by Crippen LogP contribution is -1.98. The van der Waals surface area contributed by atoms with Crippen molar-refractivity contribution in [2.45, 2.75) is 19.8 Å². The third-order valence-corrected chi connectivity index (χ3v) is 4.66. The number of rotatable bonds is 3. The summed E-state index contributed by atoms with van der Waals surface area (Å²) in [5.74, 6) is 0.469. The highest BCUT2D eigenvalue weighted by Gasteiger charge is 2.09. The number of nitrogens with two attached hydrogens (primary N) is 1. The largest absolute Gasteiger partial charge is 0.382 e. The van der Waals surface area contributed by atoms with Gasteiger partial charge in [-0.2, -0.15) is 5.26 Å². The van der Waals surface area contributed by atoms with Crippen LogP contribution in [-0.4, -0.2) is 9.97 Å². The number of nitrogen functional groups attached to an aromatic ring is 1. The second-order valence-corrected chi connectivity index (χ2v) is 6.57. The first-order valence-electron chi connectivity index (χ1n) is 8.57. The molecule has 2 N–H and O–H groups in total. The van der Waals surface area contributed by atoms with Gasteiger partial charge < -0.3 is 5.73 Å². The molecule has 0 bridgehead atoms. The van der Waals surface area contributed by atoms with Gasteiger partial charge in [-0.1, -0.05) is 24.3 Å². The van der Waals surface area contributed by atoms with Gasteiger partial charge in [-0.3, -0.25) is 4.98 Å². The molecule has 0 saturated carbocycles. The van der Waals surface area contributed by atoms with Crippen molar-refractivity contribution in [3.63, 3.8) is 0 Å². The number of pyridine rings is 2. The van der Waals surface area contributed by atoms with Gasteiger partial charge in [0.25, 0.3) is 0 Å². The summed E-state index contributed by atoms with van der Waals surface area (Å²) < 4.78 is 0. The molecule has 0 spiro atoms. The molecule has 0 unspecified atom stereocenters. The van der Waals surface area contributed by atoms with Crippen molar-refractivity contribution in [3.8, 4) is 6.07 Å². The van der Waals surface area contributed by atoms with Crippen LogP contribution in [0.1, 0.15) is 22.3 Å². The van der Waals surface area contributed by atoms with Gasteiger partial charge in [0.15, 0.2) is 5.82 Å². The fourth-order valence-electron chi connectivity index (χ4n) is 3.23. The van der Waals surface area contributed by atoms with Gasteiger partial charge >= 0.3 is 0 Å². The van der Waals surface area contributed by atoms with E-state index < -0.39 is 0 Å². The molecule has 2 aromatic carbocycles. The van der Waals surface area contributed by atoms with E-state index in [9.17, 15) is 0 Å². The van der Waals surface area contributed by atoms with Crippen LogP contribution in [0.25, 0.3) is 21.8 Å². The lowest BCUT2D eigenvalue weighted by molar-refractivity contribution is 0.954. The van der Waals surface area contributed by atoms with Crippen LogP contribution in [0.3, 0.4) is 0 Å². The average Bonchev–Trinajstić information content (AvgIpc) is 2.66. The normalized spacial score (nSPS) is 10.9. The molecule has 0 radical (unpaired) electrons. The molecule has 4 rings (SSSR count). The first-order valence-corrected chi connectivity index (χ1v) is 8.57. The Bertz CT molecular complexity index is 1150. The van der Waals surface area contributed by atoms with Crippen molar-refractivity contribution < 1.29 is 0 Å². The van der Waals surface area contributed by atoms with Crippen LogP contribution < -0.4 is 5.73 Å². The van der Waals surface area contributed by atoms with Gasteiger partial charge in [0, 0.05) is 17.0 Å². The number of aromatic nitrogens is 2. The number of hydrogen-bond donors (Lipinski definition) is 1. The van der Waals surface area contributed by atoms with Crippen molar-refractivity contribution in [2.75, 3.05) is 5.73 Å². The molecule has 0 fully saturated rings. The molecular weight excluding hydrogens is 320 g/mol. The van der Waals surface area contributed by atoms with E-state index in [-0.39, 0.29) is 0 Å². The second kappa shape index (κ2) is 6.45. The summed E-state index contributed by atoms with van der Waals surface area (Å²) in [4.78, 5) is 9.06. The molecular formula is C22H18N4. The number of anilines is 1. The lowest BCUT2D eigenvalue weighted by atomic mass is 10.0. The maximum Gasteiger partial charge on any atom is 0.150 e. The van der Waals surface area contributed by atoms with E-state index in [0.717, 1.165) is 45.8 Å². The van der Waals surface area contributed by atoms with Crippen molar-refractivity contribution >= 4 is 27.6 Å². The van der Waals surface area contributed by atoms with E-state index in [1.54, 1.807) is 0 Å². The third-order valence-electron chi connectivity index (χ3n) is 4.66. The summed E-state index contributed by atoms with van der Waals surface area (Å²) >= 11 is 0. The van der Waals surface area contributed by atoms with Crippen LogP contribution in [0.15, 0.2) is 54.7 Å².